The second-order valence-corrected chi connectivity index (χ2v) is 10.0. The summed E-state index contributed by atoms with van der Waals surface area (Å²) in [4.78, 5) is 14.7. The van der Waals surface area contributed by atoms with E-state index < -0.39 is 15.1 Å². The number of thiophene rings is 1. The molecular formula is C19H23NO3S2. The Hall–Kier alpha value is -1.66. The van der Waals surface area contributed by atoms with Crippen molar-refractivity contribution in [2.45, 2.75) is 55.7 Å². The van der Waals surface area contributed by atoms with Gasteiger partial charge in [-0.1, -0.05) is 31.5 Å². The van der Waals surface area contributed by atoms with Crippen molar-refractivity contribution in [3.63, 3.8) is 0 Å². The smallest absolute Gasteiger partial charge is 0.261 e. The molecule has 1 saturated carbocycles. The molecule has 3 rings (SSSR count). The Morgan fingerprint density at radius 2 is 1.92 bits per heavy atom. The molecule has 6 heteroatoms. The summed E-state index contributed by atoms with van der Waals surface area (Å²) in [5, 5.41) is 2.57. The number of hydrogen-bond acceptors (Lipinski definition) is 4. The molecule has 0 atom stereocenters. The van der Waals surface area contributed by atoms with Gasteiger partial charge < -0.3 is 5.32 Å². The predicted octanol–water partition coefficient (Wildman–Crippen LogP) is 3.74. The maximum atomic E-state index is 12.5. The Morgan fingerprint density at radius 3 is 2.56 bits per heavy atom. The molecule has 25 heavy (non-hydrogen) atoms. The fraction of sp³-hybridized carbons (Fsp3) is 0.421. The number of nitrogens with one attached hydrogen (secondary N) is 1. The van der Waals surface area contributed by atoms with E-state index in [4.69, 9.17) is 0 Å². The fourth-order valence-electron chi connectivity index (χ4n) is 3.15. The fourth-order valence-corrected chi connectivity index (χ4v) is 6.01. The number of hydrogen-bond donors (Lipinski definition) is 1. The highest BCUT2D eigenvalue weighted by Crippen LogP contribution is 2.32. The maximum absolute atomic E-state index is 12.5. The highest BCUT2D eigenvalue weighted by atomic mass is 32.2. The van der Waals surface area contributed by atoms with E-state index >= 15 is 0 Å². The van der Waals surface area contributed by atoms with Crippen molar-refractivity contribution in [2.75, 3.05) is 0 Å². The van der Waals surface area contributed by atoms with E-state index in [1.165, 1.54) is 21.8 Å². The first-order valence-corrected chi connectivity index (χ1v) is 11.0. The quantitative estimate of drug-likeness (QED) is 0.834. The van der Waals surface area contributed by atoms with Crippen molar-refractivity contribution in [3.05, 3.63) is 51.7 Å². The number of amides is 1. The summed E-state index contributed by atoms with van der Waals surface area (Å²) in [7, 11) is -3.29. The van der Waals surface area contributed by atoms with Gasteiger partial charge in [0.1, 0.15) is 0 Å². The molecule has 0 saturated heterocycles. The predicted molar refractivity (Wildman–Crippen MR) is 101 cm³/mol. The van der Waals surface area contributed by atoms with Crippen LogP contribution in [0.1, 0.15) is 46.3 Å². The summed E-state index contributed by atoms with van der Waals surface area (Å²) >= 11 is 1.51. The van der Waals surface area contributed by atoms with Gasteiger partial charge >= 0.3 is 0 Å². The molecule has 0 radical (unpaired) electrons. The molecule has 0 bridgehead atoms. The largest absolute Gasteiger partial charge is 0.349 e. The molecule has 2 aromatic rings. The van der Waals surface area contributed by atoms with Crippen LogP contribution in [0, 0.1) is 6.92 Å². The molecule has 0 aliphatic heterocycles. The van der Waals surface area contributed by atoms with E-state index in [1.807, 2.05) is 13.0 Å². The van der Waals surface area contributed by atoms with Crippen LogP contribution in [0.5, 0.6) is 0 Å². The minimum absolute atomic E-state index is 0.0620. The van der Waals surface area contributed by atoms with E-state index in [0.29, 0.717) is 17.7 Å². The van der Waals surface area contributed by atoms with E-state index in [-0.39, 0.29) is 11.9 Å². The first-order chi connectivity index (χ1) is 11.9. The van der Waals surface area contributed by atoms with Crippen molar-refractivity contribution in [1.29, 1.82) is 0 Å². The number of benzene rings is 1. The third kappa shape index (κ3) is 3.80. The lowest BCUT2D eigenvalue weighted by Gasteiger charge is -2.35. The van der Waals surface area contributed by atoms with E-state index in [2.05, 4.69) is 12.2 Å². The molecule has 1 aromatic heterocycles. The van der Waals surface area contributed by atoms with E-state index in [0.717, 1.165) is 17.7 Å². The lowest BCUT2D eigenvalue weighted by Crippen LogP contribution is -2.49. The number of carbonyl (C=O) groups excluding carboxylic acids is 1. The average molecular weight is 378 g/mol. The van der Waals surface area contributed by atoms with Crippen LogP contribution in [0.3, 0.4) is 0 Å². The van der Waals surface area contributed by atoms with Gasteiger partial charge in [0.25, 0.3) is 5.91 Å². The van der Waals surface area contributed by atoms with Gasteiger partial charge in [-0.15, -0.1) is 11.3 Å². The van der Waals surface area contributed by atoms with Crippen molar-refractivity contribution in [1.82, 2.24) is 5.32 Å². The summed E-state index contributed by atoms with van der Waals surface area (Å²) in [6.45, 7) is 4.16. The summed E-state index contributed by atoms with van der Waals surface area (Å²) in [6, 6.07) is 10.4. The molecule has 1 fully saturated rings. The number of aryl methyl sites for hydroxylation is 2. The molecule has 1 amide bonds. The Morgan fingerprint density at radius 1 is 1.24 bits per heavy atom. The molecule has 1 heterocycles. The number of carbonyl (C=O) groups is 1. The molecule has 0 spiro atoms. The van der Waals surface area contributed by atoms with Gasteiger partial charge in [-0.2, -0.15) is 0 Å². The zero-order valence-corrected chi connectivity index (χ0v) is 16.1. The van der Waals surface area contributed by atoms with Crippen molar-refractivity contribution in [2.24, 2.45) is 0 Å². The van der Waals surface area contributed by atoms with Crippen LogP contribution in [0.25, 0.3) is 0 Å². The molecule has 1 aliphatic rings. The maximum Gasteiger partial charge on any atom is 0.261 e. The first kappa shape index (κ1) is 18.1. The first-order valence-electron chi connectivity index (χ1n) is 8.61. The van der Waals surface area contributed by atoms with Crippen molar-refractivity contribution in [3.8, 4) is 0 Å². The van der Waals surface area contributed by atoms with Crippen LogP contribution in [0.4, 0.5) is 0 Å². The molecule has 1 aromatic carbocycles. The van der Waals surface area contributed by atoms with Gasteiger partial charge in [0.05, 0.1) is 15.0 Å². The van der Waals surface area contributed by atoms with Crippen molar-refractivity contribution >= 4 is 27.1 Å². The Balaban J connectivity index is 1.58. The summed E-state index contributed by atoms with van der Waals surface area (Å²) in [5.74, 6) is -0.0870. The van der Waals surface area contributed by atoms with Crippen molar-refractivity contribution < 1.29 is 13.2 Å². The minimum atomic E-state index is -3.29. The standard InChI is InChI=1S/C19H23NO3S2/c1-3-7-14-10-18(24-13(14)2)19(21)20-15-11-17(12-15)25(22,23)16-8-5-4-6-9-16/h4-6,8-10,15,17H,3,7,11-12H2,1-2H3,(H,20,21). The minimum Gasteiger partial charge on any atom is -0.349 e. The highest BCUT2D eigenvalue weighted by molar-refractivity contribution is 7.92. The topological polar surface area (TPSA) is 63.2 Å². The molecule has 134 valence electrons. The second-order valence-electron chi connectivity index (χ2n) is 6.56. The third-order valence-corrected chi connectivity index (χ3v) is 7.99. The summed E-state index contributed by atoms with van der Waals surface area (Å²) < 4.78 is 25.1. The van der Waals surface area contributed by atoms with Crippen LogP contribution in [0.2, 0.25) is 0 Å². The zero-order chi connectivity index (χ0) is 18.0. The van der Waals surface area contributed by atoms with Gasteiger partial charge in [-0.05, 0) is 49.9 Å². The second kappa shape index (κ2) is 7.30. The lowest BCUT2D eigenvalue weighted by atomic mass is 9.92. The number of sulfone groups is 1. The van der Waals surface area contributed by atoms with Crippen LogP contribution in [0.15, 0.2) is 41.3 Å². The van der Waals surface area contributed by atoms with Gasteiger partial charge in [0.15, 0.2) is 9.84 Å². The highest BCUT2D eigenvalue weighted by Gasteiger charge is 2.40. The van der Waals surface area contributed by atoms with Gasteiger partial charge in [-0.3, -0.25) is 4.79 Å². The monoisotopic (exact) mass is 377 g/mol. The third-order valence-electron chi connectivity index (χ3n) is 4.70. The van der Waals surface area contributed by atoms with Gasteiger partial charge in [0.2, 0.25) is 0 Å². The van der Waals surface area contributed by atoms with Gasteiger partial charge in [0, 0.05) is 10.9 Å². The number of rotatable bonds is 6. The zero-order valence-electron chi connectivity index (χ0n) is 14.5. The van der Waals surface area contributed by atoms with E-state index in [1.54, 1.807) is 30.3 Å². The Kier molecular flexibility index (Phi) is 5.29. The summed E-state index contributed by atoms with van der Waals surface area (Å²) in [5.41, 5.74) is 1.23. The molecule has 4 nitrogen and oxygen atoms in total. The van der Waals surface area contributed by atoms with E-state index in [9.17, 15) is 13.2 Å². The van der Waals surface area contributed by atoms with Crippen LogP contribution < -0.4 is 5.32 Å². The molecule has 1 aliphatic carbocycles. The normalized spacial score (nSPS) is 20.1. The summed E-state index contributed by atoms with van der Waals surface area (Å²) in [6.07, 6.45) is 3.00. The Labute approximate surface area is 153 Å². The van der Waals surface area contributed by atoms with Crippen LogP contribution in [-0.4, -0.2) is 25.6 Å². The lowest BCUT2D eigenvalue weighted by molar-refractivity contribution is 0.0922. The SMILES string of the molecule is CCCc1cc(C(=O)NC2CC(S(=O)(=O)c3ccccc3)C2)sc1C. The molecule has 0 unspecified atom stereocenters. The average Bonchev–Trinajstić information content (AvgIpc) is 2.92. The van der Waals surface area contributed by atoms with Crippen LogP contribution in [-0.2, 0) is 16.3 Å². The Bertz CT molecular complexity index is 850. The molecular weight excluding hydrogens is 354 g/mol. The van der Waals surface area contributed by atoms with Gasteiger partial charge in [-0.25, -0.2) is 8.42 Å². The molecule has 1 N–H and O–H groups in total. The van der Waals surface area contributed by atoms with Crippen LogP contribution >= 0.6 is 11.3 Å².